The Balaban J connectivity index is 1.83. The molecule has 1 aliphatic rings. The Morgan fingerprint density at radius 1 is 1.21 bits per heavy atom. The lowest BCUT2D eigenvalue weighted by Gasteiger charge is -2.15. The second-order valence-corrected chi connectivity index (χ2v) is 4.67. The van der Waals surface area contributed by atoms with Crippen LogP contribution in [0.1, 0.15) is 6.42 Å². The fourth-order valence-electron chi connectivity index (χ4n) is 2.23. The summed E-state index contributed by atoms with van der Waals surface area (Å²) in [6.45, 7) is 1.33. The molecule has 0 spiro atoms. The number of hydrogen-bond donors (Lipinski definition) is 1. The highest BCUT2D eigenvalue weighted by atomic mass is 19.1. The molecular weight excluding hydrogens is 245 g/mol. The molecule has 1 N–H and O–H groups in total. The predicted molar refractivity (Wildman–Crippen MR) is 70.3 cm³/mol. The summed E-state index contributed by atoms with van der Waals surface area (Å²) >= 11 is 0. The molecule has 1 aliphatic heterocycles. The van der Waals surface area contributed by atoms with Crippen LogP contribution in [0.3, 0.4) is 0 Å². The van der Waals surface area contributed by atoms with Gasteiger partial charge in [-0.3, -0.25) is 0 Å². The van der Waals surface area contributed by atoms with Crippen molar-refractivity contribution in [1.29, 1.82) is 0 Å². The zero-order chi connectivity index (χ0) is 13.2. The highest BCUT2D eigenvalue weighted by molar-refractivity contribution is 5.62. The Morgan fingerprint density at radius 2 is 2.00 bits per heavy atom. The number of β-amino-alcohol motifs (C(OH)–C–C–N with tert-alkyl or cyclic N) is 1. The number of aliphatic hydroxyl groups excluding tert-OH is 1. The van der Waals surface area contributed by atoms with Gasteiger partial charge in [-0.1, -0.05) is 12.1 Å². The van der Waals surface area contributed by atoms with Gasteiger partial charge in [0.15, 0.2) is 0 Å². The zero-order valence-electron chi connectivity index (χ0n) is 10.3. The van der Waals surface area contributed by atoms with Crippen LogP contribution in [-0.2, 0) is 0 Å². The second-order valence-electron chi connectivity index (χ2n) is 4.67. The average molecular weight is 259 g/mol. The van der Waals surface area contributed by atoms with E-state index in [1.165, 1.54) is 12.1 Å². The van der Waals surface area contributed by atoms with E-state index in [4.69, 9.17) is 0 Å². The molecule has 0 aliphatic carbocycles. The summed E-state index contributed by atoms with van der Waals surface area (Å²) in [5.74, 6) is 0.334. The van der Waals surface area contributed by atoms with Gasteiger partial charge in [-0.25, -0.2) is 14.4 Å². The lowest BCUT2D eigenvalue weighted by Crippen LogP contribution is -2.23. The SMILES string of the molecule is OC1CCN(c2ncc(-c3cccc(F)c3)cn2)C1. The van der Waals surface area contributed by atoms with E-state index in [0.717, 1.165) is 24.1 Å². The van der Waals surface area contributed by atoms with Crippen LogP contribution in [0.2, 0.25) is 0 Å². The molecule has 0 bridgehead atoms. The summed E-state index contributed by atoms with van der Waals surface area (Å²) in [4.78, 5) is 10.5. The summed E-state index contributed by atoms with van der Waals surface area (Å²) in [5.41, 5.74) is 1.54. The first-order chi connectivity index (χ1) is 9.22. The minimum atomic E-state index is -0.300. The number of halogens is 1. The lowest BCUT2D eigenvalue weighted by molar-refractivity contribution is 0.198. The van der Waals surface area contributed by atoms with Gasteiger partial charge in [0.25, 0.3) is 0 Å². The third-order valence-corrected chi connectivity index (χ3v) is 3.24. The number of aromatic nitrogens is 2. The molecule has 19 heavy (non-hydrogen) atoms. The van der Waals surface area contributed by atoms with Gasteiger partial charge in [-0.15, -0.1) is 0 Å². The molecule has 5 heteroatoms. The molecule has 0 saturated carbocycles. The Hall–Kier alpha value is -2.01. The molecule has 0 amide bonds. The van der Waals surface area contributed by atoms with Crippen LogP contribution in [0.15, 0.2) is 36.7 Å². The van der Waals surface area contributed by atoms with Crippen LogP contribution >= 0.6 is 0 Å². The molecule has 0 radical (unpaired) electrons. The van der Waals surface area contributed by atoms with Crippen LogP contribution in [0.4, 0.5) is 10.3 Å². The maximum absolute atomic E-state index is 13.1. The Bertz CT molecular complexity index is 573. The van der Waals surface area contributed by atoms with Gasteiger partial charge in [0.2, 0.25) is 5.95 Å². The standard InChI is InChI=1S/C14H14FN3O/c15-12-3-1-2-10(6-12)11-7-16-14(17-8-11)18-5-4-13(19)9-18/h1-3,6-8,13,19H,4-5,9H2. The van der Waals surface area contributed by atoms with Crippen molar-refractivity contribution in [3.05, 3.63) is 42.5 Å². The van der Waals surface area contributed by atoms with Crippen LogP contribution < -0.4 is 4.90 Å². The molecule has 1 saturated heterocycles. The lowest BCUT2D eigenvalue weighted by atomic mass is 10.1. The molecule has 1 aromatic heterocycles. The molecule has 98 valence electrons. The fourth-order valence-corrected chi connectivity index (χ4v) is 2.23. The highest BCUT2D eigenvalue weighted by Crippen LogP contribution is 2.21. The quantitative estimate of drug-likeness (QED) is 0.894. The molecule has 1 atom stereocenters. The predicted octanol–water partition coefficient (Wildman–Crippen LogP) is 1.85. The van der Waals surface area contributed by atoms with Crippen molar-refractivity contribution in [2.75, 3.05) is 18.0 Å². The van der Waals surface area contributed by atoms with E-state index in [2.05, 4.69) is 9.97 Å². The maximum Gasteiger partial charge on any atom is 0.225 e. The first-order valence-electron chi connectivity index (χ1n) is 6.23. The van der Waals surface area contributed by atoms with Gasteiger partial charge in [0, 0.05) is 31.0 Å². The Kier molecular flexibility index (Phi) is 3.13. The normalized spacial score (nSPS) is 18.8. The Labute approximate surface area is 110 Å². The van der Waals surface area contributed by atoms with Crippen molar-refractivity contribution in [2.45, 2.75) is 12.5 Å². The van der Waals surface area contributed by atoms with Gasteiger partial charge >= 0.3 is 0 Å². The van der Waals surface area contributed by atoms with E-state index in [1.807, 2.05) is 11.0 Å². The molecule has 2 aromatic rings. The summed E-state index contributed by atoms with van der Waals surface area (Å²) in [5, 5.41) is 9.49. The summed E-state index contributed by atoms with van der Waals surface area (Å²) in [6.07, 6.45) is 3.81. The summed E-state index contributed by atoms with van der Waals surface area (Å²) in [7, 11) is 0. The summed E-state index contributed by atoms with van der Waals surface area (Å²) in [6, 6.07) is 6.35. The summed E-state index contributed by atoms with van der Waals surface area (Å²) < 4.78 is 13.1. The third kappa shape index (κ3) is 2.56. The van der Waals surface area contributed by atoms with Crippen LogP contribution in [0, 0.1) is 5.82 Å². The third-order valence-electron chi connectivity index (χ3n) is 3.24. The number of rotatable bonds is 2. The molecule has 4 nitrogen and oxygen atoms in total. The minimum Gasteiger partial charge on any atom is -0.391 e. The van der Waals surface area contributed by atoms with E-state index in [1.54, 1.807) is 18.5 Å². The molecule has 1 unspecified atom stereocenters. The average Bonchev–Trinajstić information content (AvgIpc) is 2.86. The smallest absolute Gasteiger partial charge is 0.225 e. The van der Waals surface area contributed by atoms with Crippen molar-refractivity contribution >= 4 is 5.95 Å². The minimum absolute atomic E-state index is 0.274. The van der Waals surface area contributed by atoms with Gasteiger partial charge in [-0.2, -0.15) is 0 Å². The van der Waals surface area contributed by atoms with Gasteiger partial charge < -0.3 is 10.0 Å². The van der Waals surface area contributed by atoms with Crippen molar-refractivity contribution < 1.29 is 9.50 Å². The van der Waals surface area contributed by atoms with Gasteiger partial charge in [0.05, 0.1) is 6.10 Å². The van der Waals surface area contributed by atoms with E-state index in [-0.39, 0.29) is 11.9 Å². The van der Waals surface area contributed by atoms with Crippen LogP contribution in [0.25, 0.3) is 11.1 Å². The number of hydrogen-bond acceptors (Lipinski definition) is 4. The molecule has 3 rings (SSSR count). The Morgan fingerprint density at radius 3 is 2.63 bits per heavy atom. The fraction of sp³-hybridized carbons (Fsp3) is 0.286. The largest absolute Gasteiger partial charge is 0.391 e. The number of benzene rings is 1. The molecule has 2 heterocycles. The van der Waals surface area contributed by atoms with Gasteiger partial charge in [0.1, 0.15) is 5.82 Å². The topological polar surface area (TPSA) is 49.2 Å². The van der Waals surface area contributed by atoms with Crippen molar-refractivity contribution in [3.8, 4) is 11.1 Å². The zero-order valence-corrected chi connectivity index (χ0v) is 10.3. The molecule has 1 fully saturated rings. The monoisotopic (exact) mass is 259 g/mol. The van der Waals surface area contributed by atoms with Crippen LogP contribution in [-0.4, -0.2) is 34.3 Å². The van der Waals surface area contributed by atoms with E-state index in [9.17, 15) is 9.50 Å². The number of anilines is 1. The van der Waals surface area contributed by atoms with Crippen molar-refractivity contribution in [3.63, 3.8) is 0 Å². The number of nitrogens with zero attached hydrogens (tertiary/aromatic N) is 3. The van der Waals surface area contributed by atoms with E-state index >= 15 is 0 Å². The maximum atomic E-state index is 13.1. The van der Waals surface area contributed by atoms with Gasteiger partial charge in [-0.05, 0) is 24.1 Å². The van der Waals surface area contributed by atoms with Crippen LogP contribution in [0.5, 0.6) is 0 Å². The second kappa shape index (κ2) is 4.93. The van der Waals surface area contributed by atoms with Crippen molar-refractivity contribution in [2.24, 2.45) is 0 Å². The molecule has 1 aromatic carbocycles. The first-order valence-corrected chi connectivity index (χ1v) is 6.23. The highest BCUT2D eigenvalue weighted by Gasteiger charge is 2.22. The van der Waals surface area contributed by atoms with E-state index in [0.29, 0.717) is 12.5 Å². The first kappa shape index (κ1) is 12.0. The molecular formula is C14H14FN3O. The van der Waals surface area contributed by atoms with E-state index < -0.39 is 0 Å². The van der Waals surface area contributed by atoms with Crippen molar-refractivity contribution in [1.82, 2.24) is 9.97 Å². The number of aliphatic hydroxyl groups is 1.